The summed E-state index contributed by atoms with van der Waals surface area (Å²) in [4.78, 5) is 4.19. The van der Waals surface area contributed by atoms with Crippen molar-refractivity contribution >= 4 is 739 Å². The second-order valence-corrected chi connectivity index (χ2v) is 863. The van der Waals surface area contributed by atoms with Gasteiger partial charge in [-0.05, 0) is 0 Å². The van der Waals surface area contributed by atoms with Gasteiger partial charge in [0.2, 0.25) is 0 Å². The van der Waals surface area contributed by atoms with Gasteiger partial charge in [0, 0.05) is 0 Å². The molecule has 2 aliphatic heterocycles. The van der Waals surface area contributed by atoms with Gasteiger partial charge in [-0.15, -0.1) is 0 Å². The zero-order chi connectivity index (χ0) is 51.1. The van der Waals surface area contributed by atoms with Gasteiger partial charge >= 0.3 is 848 Å². The number of halogens is 54. The molecule has 57 heteroatoms. The first-order valence-corrected chi connectivity index (χ1v) is 305. The average molecular weight is 7020 g/mol. The molecular formula is C8H8I54N2P-5. The fourth-order valence-electron chi connectivity index (χ4n) is 5.16. The average Bonchev–Trinajstić information content (AvgIpc) is 3.66. The number of nitrogens with zero attached hydrogens (tertiary/aromatic N) is 1. The van der Waals surface area contributed by atoms with Gasteiger partial charge in [0.15, 0.2) is 0 Å². The van der Waals surface area contributed by atoms with E-state index in [4.69, 9.17) is 5.32 Å². The molecule has 2 nitrogen and oxygen atoms in total. The first kappa shape index (κ1) is 101. The summed E-state index contributed by atoms with van der Waals surface area (Å²) in [6.07, 6.45) is 1.43. The predicted octanol–water partition coefficient (Wildman–Crippen LogP) is 27.3. The Morgan fingerprint density at radius 3 is 1.22 bits per heavy atom. The topological polar surface area (TPSA) is 15.3 Å². The molecule has 0 bridgehead atoms. The van der Waals surface area contributed by atoms with Crippen molar-refractivity contribution in [2.24, 2.45) is 0 Å². The maximum absolute atomic E-state index is 5.89. The molecule has 0 aromatic rings. The van der Waals surface area contributed by atoms with Gasteiger partial charge in [0.05, 0.1) is 0 Å². The Balaban J connectivity index is 4.29. The van der Waals surface area contributed by atoms with E-state index in [1.54, 1.807) is 0 Å². The summed E-state index contributed by atoms with van der Waals surface area (Å²) in [6.45, 7) is 3.23. The number of fused-ring (bicyclic) bond motifs is 1. The van der Waals surface area contributed by atoms with E-state index in [-0.39, 0.29) is 30.5 Å². The van der Waals surface area contributed by atoms with E-state index in [9.17, 15) is 0 Å². The molecule has 438 valence electrons. The Hall–Kier alpha value is 39.8. The normalized spacial score (nSPS) is 32.8. The molecule has 0 radical (unpaired) electrons. The Bertz CT molecular complexity index is 1470. The van der Waals surface area contributed by atoms with Crippen LogP contribution in [0.4, 0.5) is 0 Å². The second-order valence-electron chi connectivity index (χ2n) is 8.52. The Kier molecular flexibility index (Phi) is 80.0. The van der Waals surface area contributed by atoms with E-state index < -0.39 is 190 Å². The third-order valence-corrected chi connectivity index (χ3v) is 2070. The van der Waals surface area contributed by atoms with Crippen molar-refractivity contribution in [1.29, 1.82) is 0 Å². The van der Waals surface area contributed by atoms with Crippen LogP contribution in [0.25, 0.3) is 0 Å². The SMILES string of the molecule is CC1([I-]I)NC(I(I)I(I)[I-]I)(I(I)I(I)I(I)I)C2(I(I)I(I)I(I)[I-]I)C(I(I)I(I)I(I)I(I)I)(I(I)I(I)I(I)I(I)[I-]I)N(CP)C(I(I)[I-]I)(I(I)I(I)I)C12I(I)I. The van der Waals surface area contributed by atoms with Crippen LogP contribution in [-0.2, 0) is 0 Å². The van der Waals surface area contributed by atoms with Crippen molar-refractivity contribution in [1.82, 2.24) is 10.2 Å². The predicted molar refractivity (Wildman–Crippen MR) is 729 cm³/mol. The fraction of sp³-hybridized carbons (Fsp3) is 1.00. The molecule has 2 saturated heterocycles. The van der Waals surface area contributed by atoms with E-state index in [1.165, 1.54) is 6.29 Å². The van der Waals surface area contributed by atoms with E-state index in [0.717, 1.165) is 4.97 Å². The molecule has 7 unspecified atom stereocenters. The minimum absolute atomic E-state index is 0.0411. The minimum atomic E-state index is -1.67. The summed E-state index contributed by atoms with van der Waals surface area (Å²) in [6, 6.07) is 0. The van der Waals surface area contributed by atoms with E-state index in [1.807, 2.05) is 0 Å². The summed E-state index contributed by atoms with van der Waals surface area (Å²) in [5, 5.41) is 5.89. The molecule has 2 rings (SSSR count). The van der Waals surface area contributed by atoms with Crippen molar-refractivity contribution in [3.8, 4) is 0 Å². The zero-order valence-electron chi connectivity index (χ0n) is 26.6. The van der Waals surface area contributed by atoms with Crippen LogP contribution in [-0.4, -0.2) is 26.2 Å². The molecule has 2 fully saturated rings. The molecule has 0 amide bonds. The van der Waals surface area contributed by atoms with Gasteiger partial charge in [-0.2, -0.15) is 0 Å². The summed E-state index contributed by atoms with van der Waals surface area (Å²) >= 11 is 88.9. The molecule has 0 spiro atoms. The summed E-state index contributed by atoms with van der Waals surface area (Å²) < 4.78 is 3.99. The van der Waals surface area contributed by atoms with Crippen LogP contribution in [0.1, 0.15) is 6.92 Å². The van der Waals surface area contributed by atoms with Crippen LogP contribution < -0.4 is 75.6 Å². The standard InChI is InChI=1S/C8H8I54N2P/c1-3(38-9)4(43(14)15)5(45(17)58(33)55(30)41-12,6(63-3,46(18)54(29)40-11)47(19)57(32)52(25)26)8(49(21)59(34)61(36)53(27)28,50(22)60(35)62(37)56(31)42-13)64(2-65)7(4,44(16)39-10)48(20)51(23)24/h63H,2,65H2,1H3/q-5. The maximum atomic E-state index is 5.89. The van der Waals surface area contributed by atoms with E-state index in [2.05, 4.69) is 561 Å². The van der Waals surface area contributed by atoms with Gasteiger partial charge in [-0.1, -0.05) is 0 Å². The van der Waals surface area contributed by atoms with Crippen LogP contribution in [0.3, 0.4) is 0 Å². The molecular weight excluding hydrogens is 7010 g/mol. The quantitative estimate of drug-likeness (QED) is 0.0402. The van der Waals surface area contributed by atoms with Crippen LogP contribution in [0.2, 0.25) is 0 Å². The van der Waals surface area contributed by atoms with E-state index in [0.29, 0.717) is 49.8 Å². The van der Waals surface area contributed by atoms with Crippen LogP contribution in [0.15, 0.2) is 0 Å². The van der Waals surface area contributed by atoms with E-state index >= 15 is 0 Å². The van der Waals surface area contributed by atoms with Crippen molar-refractivity contribution in [2.75, 3.05) is 6.29 Å². The summed E-state index contributed by atoms with van der Waals surface area (Å²) in [7, 11) is -8.84. The number of likely N-dealkylation sites (tertiary alicyclic amines) is 1. The number of alkyl halides is 9. The van der Waals surface area contributed by atoms with Crippen molar-refractivity contribution in [2.45, 2.75) is 22.0 Å². The Labute approximate surface area is 803 Å². The molecule has 1 N–H and O–H groups in total. The first-order valence-electron chi connectivity index (χ1n) is 11.6. The van der Waals surface area contributed by atoms with Crippen molar-refractivity contribution < 1.29 is 70.3 Å². The van der Waals surface area contributed by atoms with Crippen LogP contribution >= 0.6 is 739 Å². The number of nitrogens with one attached hydrogen (secondary N) is 1. The number of hydrogen-bond acceptors (Lipinski definition) is 2. The van der Waals surface area contributed by atoms with Crippen LogP contribution in [0, 0.1) is 0 Å². The van der Waals surface area contributed by atoms with Crippen LogP contribution in [0.5, 0.6) is 0 Å². The summed E-state index contributed by atoms with van der Waals surface area (Å²) in [5.41, 5.74) is 0. The molecule has 0 aromatic carbocycles. The van der Waals surface area contributed by atoms with Gasteiger partial charge in [0.25, 0.3) is 0 Å². The molecule has 0 aliphatic carbocycles. The van der Waals surface area contributed by atoms with Gasteiger partial charge < -0.3 is 0 Å². The third kappa shape index (κ3) is 24.0. The fourth-order valence-corrected chi connectivity index (χ4v) is 3180. The Morgan fingerprint density at radius 1 is 0.431 bits per heavy atom. The molecule has 7 atom stereocenters. The second kappa shape index (κ2) is 51.6. The first-order chi connectivity index (χ1) is 29.8. The molecule has 2 aliphatic rings. The van der Waals surface area contributed by atoms with Crippen molar-refractivity contribution in [3.63, 3.8) is 0 Å². The monoisotopic (exact) mass is 7020 g/mol. The van der Waals surface area contributed by atoms with Gasteiger partial charge in [-0.25, -0.2) is 0 Å². The molecule has 65 heavy (non-hydrogen) atoms. The number of rotatable bonds is 26. The molecule has 2 heterocycles. The van der Waals surface area contributed by atoms with Gasteiger partial charge in [-0.3, -0.25) is 0 Å². The molecule has 0 aromatic heterocycles. The molecule has 0 saturated carbocycles. The third-order valence-electron chi connectivity index (χ3n) is 6.59. The zero-order valence-corrected chi connectivity index (χ0v) is 144. The van der Waals surface area contributed by atoms with Crippen molar-refractivity contribution in [3.05, 3.63) is 0 Å². The number of hydrogen-bond donors (Lipinski definition) is 1. The van der Waals surface area contributed by atoms with Gasteiger partial charge in [0.1, 0.15) is 0 Å². The summed E-state index contributed by atoms with van der Waals surface area (Å²) in [5.74, 6) is 0. The Morgan fingerprint density at radius 2 is 0.862 bits per heavy atom.